The first-order valence-corrected chi connectivity index (χ1v) is 6.76. The molecule has 0 saturated heterocycles. The SMILES string of the molecule is CS(=O)(=O)CCNCCNC1CC1. The van der Waals surface area contributed by atoms with Crippen LogP contribution in [0.1, 0.15) is 12.8 Å². The van der Waals surface area contributed by atoms with Gasteiger partial charge in [0.25, 0.3) is 0 Å². The molecule has 0 bridgehead atoms. The Bertz CT molecular complexity index is 235. The fourth-order valence-electron chi connectivity index (χ4n) is 1.03. The first-order valence-electron chi connectivity index (χ1n) is 4.70. The summed E-state index contributed by atoms with van der Waals surface area (Å²) in [5.41, 5.74) is 0. The maximum absolute atomic E-state index is 10.7. The van der Waals surface area contributed by atoms with Crippen molar-refractivity contribution in [1.82, 2.24) is 10.6 Å². The highest BCUT2D eigenvalue weighted by Gasteiger charge is 2.19. The normalized spacial score (nSPS) is 17.6. The van der Waals surface area contributed by atoms with Gasteiger partial charge in [0.15, 0.2) is 0 Å². The van der Waals surface area contributed by atoms with E-state index in [-0.39, 0.29) is 5.75 Å². The van der Waals surface area contributed by atoms with Gasteiger partial charge in [-0.1, -0.05) is 0 Å². The topological polar surface area (TPSA) is 58.2 Å². The lowest BCUT2D eigenvalue weighted by atomic mass is 10.5. The summed E-state index contributed by atoms with van der Waals surface area (Å²) in [6.07, 6.45) is 3.85. The minimum atomic E-state index is -2.80. The van der Waals surface area contributed by atoms with E-state index >= 15 is 0 Å². The summed E-state index contributed by atoms with van der Waals surface area (Å²) in [6, 6.07) is 0.733. The van der Waals surface area contributed by atoms with Crippen molar-refractivity contribution in [3.63, 3.8) is 0 Å². The quantitative estimate of drug-likeness (QED) is 0.545. The van der Waals surface area contributed by atoms with Crippen LogP contribution in [0.4, 0.5) is 0 Å². The molecular formula is C8H18N2O2S. The second-order valence-corrected chi connectivity index (χ2v) is 5.87. The van der Waals surface area contributed by atoms with Crippen LogP contribution in [0.3, 0.4) is 0 Å². The maximum Gasteiger partial charge on any atom is 0.148 e. The van der Waals surface area contributed by atoms with E-state index in [1.54, 1.807) is 0 Å². The minimum absolute atomic E-state index is 0.233. The molecule has 5 heteroatoms. The van der Waals surface area contributed by atoms with E-state index in [0.717, 1.165) is 19.1 Å². The highest BCUT2D eigenvalue weighted by Crippen LogP contribution is 2.17. The monoisotopic (exact) mass is 206 g/mol. The summed E-state index contributed by atoms with van der Waals surface area (Å²) >= 11 is 0. The molecule has 0 unspecified atom stereocenters. The summed E-state index contributed by atoms with van der Waals surface area (Å²) in [5.74, 6) is 0.233. The summed E-state index contributed by atoms with van der Waals surface area (Å²) in [7, 11) is -2.80. The van der Waals surface area contributed by atoms with Crippen molar-refractivity contribution in [2.24, 2.45) is 0 Å². The van der Waals surface area contributed by atoms with Crippen molar-refractivity contribution in [3.8, 4) is 0 Å². The van der Waals surface area contributed by atoms with E-state index in [0.29, 0.717) is 6.54 Å². The molecule has 2 N–H and O–H groups in total. The van der Waals surface area contributed by atoms with Crippen LogP contribution in [-0.2, 0) is 9.84 Å². The van der Waals surface area contributed by atoms with Crippen molar-refractivity contribution < 1.29 is 8.42 Å². The average molecular weight is 206 g/mol. The molecule has 78 valence electrons. The van der Waals surface area contributed by atoms with Gasteiger partial charge in [0.05, 0.1) is 5.75 Å². The standard InChI is InChI=1S/C8H18N2O2S/c1-13(11,12)7-6-9-4-5-10-8-2-3-8/h8-10H,2-7H2,1H3. The zero-order valence-corrected chi connectivity index (χ0v) is 8.86. The van der Waals surface area contributed by atoms with Gasteiger partial charge in [0.2, 0.25) is 0 Å². The molecule has 0 aromatic rings. The zero-order valence-electron chi connectivity index (χ0n) is 8.04. The molecule has 0 amide bonds. The lowest BCUT2D eigenvalue weighted by Gasteiger charge is -2.04. The van der Waals surface area contributed by atoms with Crippen LogP contribution in [0.5, 0.6) is 0 Å². The largest absolute Gasteiger partial charge is 0.314 e. The van der Waals surface area contributed by atoms with Gasteiger partial charge in [0, 0.05) is 31.9 Å². The number of rotatable bonds is 7. The molecule has 0 heterocycles. The van der Waals surface area contributed by atoms with Gasteiger partial charge in [-0.2, -0.15) is 0 Å². The summed E-state index contributed by atoms with van der Waals surface area (Å²) in [5, 5.41) is 6.43. The van der Waals surface area contributed by atoms with Gasteiger partial charge in [-0.25, -0.2) is 8.42 Å². The first-order chi connectivity index (χ1) is 6.08. The summed E-state index contributed by atoms with van der Waals surface area (Å²) in [6.45, 7) is 2.35. The molecule has 0 spiro atoms. The molecule has 0 radical (unpaired) electrons. The van der Waals surface area contributed by atoms with Gasteiger partial charge < -0.3 is 10.6 Å². The van der Waals surface area contributed by atoms with Gasteiger partial charge in [-0.3, -0.25) is 0 Å². The fraction of sp³-hybridized carbons (Fsp3) is 1.00. The molecular weight excluding hydrogens is 188 g/mol. The molecule has 1 rings (SSSR count). The van der Waals surface area contributed by atoms with E-state index in [9.17, 15) is 8.42 Å². The average Bonchev–Trinajstić information content (AvgIpc) is 2.77. The Morgan fingerprint density at radius 3 is 2.46 bits per heavy atom. The Morgan fingerprint density at radius 2 is 1.92 bits per heavy atom. The third-order valence-electron chi connectivity index (χ3n) is 1.96. The van der Waals surface area contributed by atoms with E-state index in [2.05, 4.69) is 10.6 Å². The Kier molecular flexibility index (Phi) is 4.15. The van der Waals surface area contributed by atoms with Gasteiger partial charge in [0.1, 0.15) is 9.84 Å². The lowest BCUT2D eigenvalue weighted by Crippen LogP contribution is -2.31. The van der Waals surface area contributed by atoms with Crippen molar-refractivity contribution in [1.29, 1.82) is 0 Å². The smallest absolute Gasteiger partial charge is 0.148 e. The number of nitrogens with one attached hydrogen (secondary N) is 2. The first kappa shape index (κ1) is 10.9. The van der Waals surface area contributed by atoms with Crippen molar-refractivity contribution in [2.75, 3.05) is 31.6 Å². The number of hydrogen-bond acceptors (Lipinski definition) is 4. The molecule has 1 aliphatic rings. The number of hydrogen-bond donors (Lipinski definition) is 2. The molecule has 13 heavy (non-hydrogen) atoms. The fourth-order valence-corrected chi connectivity index (χ4v) is 1.55. The van der Waals surface area contributed by atoms with E-state index in [1.807, 2.05) is 0 Å². The lowest BCUT2D eigenvalue weighted by molar-refractivity contribution is 0.590. The summed E-state index contributed by atoms with van der Waals surface area (Å²) < 4.78 is 21.5. The predicted molar refractivity (Wildman–Crippen MR) is 53.6 cm³/mol. The Hall–Kier alpha value is -0.130. The third-order valence-corrected chi connectivity index (χ3v) is 2.91. The minimum Gasteiger partial charge on any atom is -0.314 e. The maximum atomic E-state index is 10.7. The molecule has 1 fully saturated rings. The van der Waals surface area contributed by atoms with Crippen LogP contribution in [0.2, 0.25) is 0 Å². The molecule has 0 atom stereocenters. The molecule has 0 aliphatic heterocycles. The Morgan fingerprint density at radius 1 is 1.23 bits per heavy atom. The van der Waals surface area contributed by atoms with Gasteiger partial charge in [-0.15, -0.1) is 0 Å². The highest BCUT2D eigenvalue weighted by atomic mass is 32.2. The zero-order chi connectivity index (χ0) is 9.73. The molecule has 1 saturated carbocycles. The molecule has 0 aromatic heterocycles. The molecule has 4 nitrogen and oxygen atoms in total. The van der Waals surface area contributed by atoms with Crippen LogP contribution in [0, 0.1) is 0 Å². The van der Waals surface area contributed by atoms with E-state index in [4.69, 9.17) is 0 Å². The van der Waals surface area contributed by atoms with E-state index in [1.165, 1.54) is 19.1 Å². The third kappa shape index (κ3) is 6.98. The van der Waals surface area contributed by atoms with E-state index < -0.39 is 9.84 Å². The van der Waals surface area contributed by atoms with Crippen LogP contribution in [0.15, 0.2) is 0 Å². The predicted octanol–water partition coefficient (Wildman–Crippen LogP) is -0.627. The molecule has 1 aliphatic carbocycles. The Labute approximate surface area is 80.0 Å². The van der Waals surface area contributed by atoms with Crippen molar-refractivity contribution in [3.05, 3.63) is 0 Å². The molecule has 0 aromatic carbocycles. The van der Waals surface area contributed by atoms with Gasteiger partial charge in [-0.05, 0) is 12.8 Å². The second-order valence-electron chi connectivity index (χ2n) is 3.61. The van der Waals surface area contributed by atoms with Crippen LogP contribution in [-0.4, -0.2) is 46.1 Å². The number of sulfone groups is 1. The summed E-state index contributed by atoms with van der Waals surface area (Å²) in [4.78, 5) is 0. The van der Waals surface area contributed by atoms with Gasteiger partial charge >= 0.3 is 0 Å². The van der Waals surface area contributed by atoms with Crippen LogP contribution in [0.25, 0.3) is 0 Å². The van der Waals surface area contributed by atoms with Crippen LogP contribution < -0.4 is 10.6 Å². The second kappa shape index (κ2) is 4.93. The Balaban J connectivity index is 1.83. The highest BCUT2D eigenvalue weighted by molar-refractivity contribution is 7.90. The van der Waals surface area contributed by atoms with Crippen LogP contribution >= 0.6 is 0 Å². The van der Waals surface area contributed by atoms with Crippen molar-refractivity contribution >= 4 is 9.84 Å². The van der Waals surface area contributed by atoms with Crippen molar-refractivity contribution in [2.45, 2.75) is 18.9 Å².